The number of hydrogen-bond donors (Lipinski definition) is 1. The van der Waals surface area contributed by atoms with E-state index in [4.69, 9.17) is 10.4 Å². The summed E-state index contributed by atoms with van der Waals surface area (Å²) in [5.74, 6) is -1.92. The van der Waals surface area contributed by atoms with E-state index in [-0.39, 0.29) is 6.42 Å². The quantitative estimate of drug-likeness (QED) is 0.777. The van der Waals surface area contributed by atoms with Crippen LogP contribution in [0.5, 0.6) is 0 Å². The highest BCUT2D eigenvalue weighted by Gasteiger charge is 2.19. The average Bonchev–Trinajstić information content (AvgIpc) is 2.24. The van der Waals surface area contributed by atoms with Crippen LogP contribution in [-0.2, 0) is 9.59 Å². The molecule has 0 aliphatic heterocycles. The fourth-order valence-corrected chi connectivity index (χ4v) is 1.55. The normalized spacial score (nSPS) is 11.5. The van der Waals surface area contributed by atoms with Gasteiger partial charge in [0.05, 0.1) is 17.6 Å². The first kappa shape index (κ1) is 11.9. The van der Waals surface area contributed by atoms with Crippen molar-refractivity contribution in [2.24, 2.45) is 0 Å². The van der Waals surface area contributed by atoms with Crippen LogP contribution in [0.1, 0.15) is 29.0 Å². The molecular formula is C12H11NO3. The van der Waals surface area contributed by atoms with E-state index in [9.17, 15) is 9.59 Å². The molecule has 4 heteroatoms. The number of hydrogen-bond acceptors (Lipinski definition) is 3. The van der Waals surface area contributed by atoms with Gasteiger partial charge in [-0.25, -0.2) is 0 Å². The molecule has 1 N–H and O–H groups in total. The molecule has 0 saturated heterocycles. The standard InChI is InChI=1S/C12H11NO3/c1-8-4-9(7-13)6-10(5-8)11(2-3-14)12(15)16/h3-6,11H,2H2,1H3,(H,15,16). The fourth-order valence-electron chi connectivity index (χ4n) is 1.55. The van der Waals surface area contributed by atoms with Crippen molar-refractivity contribution in [3.8, 4) is 6.07 Å². The molecule has 1 rings (SSSR count). The number of carboxylic acids is 1. The van der Waals surface area contributed by atoms with E-state index in [0.29, 0.717) is 17.4 Å². The van der Waals surface area contributed by atoms with Crippen molar-refractivity contribution in [1.29, 1.82) is 5.26 Å². The molecule has 0 bridgehead atoms. The van der Waals surface area contributed by atoms with E-state index in [1.54, 1.807) is 19.1 Å². The zero-order valence-corrected chi connectivity index (χ0v) is 8.80. The number of aliphatic carboxylic acids is 1. The molecule has 1 aromatic rings. The topological polar surface area (TPSA) is 78.2 Å². The van der Waals surface area contributed by atoms with E-state index in [1.165, 1.54) is 6.07 Å². The predicted octanol–water partition coefficient (Wildman–Crippen LogP) is 1.62. The predicted molar refractivity (Wildman–Crippen MR) is 57.0 cm³/mol. The zero-order chi connectivity index (χ0) is 12.1. The molecule has 1 unspecified atom stereocenters. The van der Waals surface area contributed by atoms with Crippen molar-refractivity contribution < 1.29 is 14.7 Å². The molecule has 82 valence electrons. The second-order valence-electron chi connectivity index (χ2n) is 3.54. The summed E-state index contributed by atoms with van der Waals surface area (Å²) in [5, 5.41) is 17.7. The highest BCUT2D eigenvalue weighted by atomic mass is 16.4. The van der Waals surface area contributed by atoms with Gasteiger partial charge in [-0.05, 0) is 30.2 Å². The molecule has 0 heterocycles. The molecule has 16 heavy (non-hydrogen) atoms. The van der Waals surface area contributed by atoms with Crippen LogP contribution in [-0.4, -0.2) is 17.4 Å². The third kappa shape index (κ3) is 2.67. The zero-order valence-electron chi connectivity index (χ0n) is 8.80. The van der Waals surface area contributed by atoms with E-state index in [1.807, 2.05) is 6.07 Å². The first-order valence-corrected chi connectivity index (χ1v) is 4.76. The Morgan fingerprint density at radius 1 is 1.56 bits per heavy atom. The van der Waals surface area contributed by atoms with Crippen LogP contribution in [0, 0.1) is 18.3 Å². The molecule has 0 aliphatic rings. The molecule has 0 amide bonds. The lowest BCUT2D eigenvalue weighted by Crippen LogP contribution is -2.12. The molecule has 0 saturated carbocycles. The van der Waals surface area contributed by atoms with Gasteiger partial charge in [-0.15, -0.1) is 0 Å². The smallest absolute Gasteiger partial charge is 0.311 e. The second-order valence-corrected chi connectivity index (χ2v) is 3.54. The van der Waals surface area contributed by atoms with E-state index < -0.39 is 11.9 Å². The van der Waals surface area contributed by atoms with Crippen molar-refractivity contribution in [1.82, 2.24) is 0 Å². The SMILES string of the molecule is Cc1cc(C#N)cc(C(CC=O)C(=O)O)c1. The van der Waals surface area contributed by atoms with Crippen LogP contribution < -0.4 is 0 Å². The Hall–Kier alpha value is -2.15. The van der Waals surface area contributed by atoms with Crippen LogP contribution in [0.15, 0.2) is 18.2 Å². The molecule has 0 radical (unpaired) electrons. The lowest BCUT2D eigenvalue weighted by molar-refractivity contribution is -0.139. The maximum atomic E-state index is 11.0. The Balaban J connectivity index is 3.19. The number of nitriles is 1. The van der Waals surface area contributed by atoms with Crippen LogP contribution in [0.2, 0.25) is 0 Å². The second kappa shape index (κ2) is 5.08. The van der Waals surface area contributed by atoms with Crippen molar-refractivity contribution in [3.05, 3.63) is 34.9 Å². The molecule has 0 aromatic heterocycles. The maximum absolute atomic E-state index is 11.0. The largest absolute Gasteiger partial charge is 0.481 e. The Morgan fingerprint density at radius 2 is 2.25 bits per heavy atom. The monoisotopic (exact) mass is 217 g/mol. The lowest BCUT2D eigenvalue weighted by Gasteiger charge is -2.10. The number of carbonyl (C=O) groups is 2. The number of carboxylic acid groups (broad SMARTS) is 1. The van der Waals surface area contributed by atoms with E-state index in [2.05, 4.69) is 0 Å². The van der Waals surface area contributed by atoms with Crippen LogP contribution in [0.25, 0.3) is 0 Å². The Morgan fingerprint density at radius 3 is 2.75 bits per heavy atom. The molecule has 1 atom stereocenters. The minimum absolute atomic E-state index is 0.0797. The van der Waals surface area contributed by atoms with Gasteiger partial charge in [0.25, 0.3) is 0 Å². The summed E-state index contributed by atoms with van der Waals surface area (Å²) in [7, 11) is 0. The van der Waals surface area contributed by atoms with E-state index in [0.717, 1.165) is 5.56 Å². The van der Waals surface area contributed by atoms with Gasteiger partial charge in [-0.1, -0.05) is 6.07 Å². The summed E-state index contributed by atoms with van der Waals surface area (Å²) < 4.78 is 0. The van der Waals surface area contributed by atoms with Gasteiger partial charge < -0.3 is 9.90 Å². The molecule has 0 aliphatic carbocycles. The summed E-state index contributed by atoms with van der Waals surface area (Å²) in [6.07, 6.45) is 0.497. The molecule has 0 spiro atoms. The Bertz CT molecular complexity index is 460. The first-order valence-electron chi connectivity index (χ1n) is 4.76. The van der Waals surface area contributed by atoms with Crippen molar-refractivity contribution >= 4 is 12.3 Å². The molecule has 4 nitrogen and oxygen atoms in total. The molecule has 1 aromatic carbocycles. The summed E-state index contributed by atoms with van der Waals surface area (Å²) >= 11 is 0. The lowest BCUT2D eigenvalue weighted by atomic mass is 9.93. The van der Waals surface area contributed by atoms with Gasteiger partial charge in [0.1, 0.15) is 6.29 Å². The number of carbonyl (C=O) groups excluding carboxylic acids is 1. The Kier molecular flexibility index (Phi) is 3.78. The molecular weight excluding hydrogens is 206 g/mol. The minimum Gasteiger partial charge on any atom is -0.481 e. The minimum atomic E-state index is -1.05. The van der Waals surface area contributed by atoms with Crippen molar-refractivity contribution in [2.45, 2.75) is 19.3 Å². The van der Waals surface area contributed by atoms with Gasteiger partial charge in [-0.2, -0.15) is 5.26 Å². The van der Waals surface area contributed by atoms with E-state index >= 15 is 0 Å². The molecule has 0 fully saturated rings. The van der Waals surface area contributed by atoms with Gasteiger partial charge >= 0.3 is 5.97 Å². The average molecular weight is 217 g/mol. The first-order chi connectivity index (χ1) is 7.58. The van der Waals surface area contributed by atoms with Crippen molar-refractivity contribution in [2.75, 3.05) is 0 Å². The van der Waals surface area contributed by atoms with Gasteiger partial charge in [-0.3, -0.25) is 4.79 Å². The van der Waals surface area contributed by atoms with Gasteiger partial charge in [0.2, 0.25) is 0 Å². The number of aldehydes is 1. The highest BCUT2D eigenvalue weighted by Crippen LogP contribution is 2.21. The highest BCUT2D eigenvalue weighted by molar-refractivity contribution is 5.79. The Labute approximate surface area is 93.1 Å². The maximum Gasteiger partial charge on any atom is 0.311 e. The van der Waals surface area contributed by atoms with Gasteiger partial charge in [0, 0.05) is 6.42 Å². The number of benzene rings is 1. The summed E-state index contributed by atoms with van der Waals surface area (Å²) in [6.45, 7) is 1.78. The van der Waals surface area contributed by atoms with Crippen LogP contribution >= 0.6 is 0 Å². The number of aryl methyl sites for hydroxylation is 1. The summed E-state index contributed by atoms with van der Waals surface area (Å²) in [5.41, 5.74) is 1.72. The van der Waals surface area contributed by atoms with Crippen molar-refractivity contribution in [3.63, 3.8) is 0 Å². The number of nitrogens with zero attached hydrogens (tertiary/aromatic N) is 1. The third-order valence-electron chi connectivity index (χ3n) is 2.26. The number of rotatable bonds is 4. The summed E-state index contributed by atoms with van der Waals surface area (Å²) in [6, 6.07) is 6.83. The van der Waals surface area contributed by atoms with Crippen LogP contribution in [0.4, 0.5) is 0 Å². The van der Waals surface area contributed by atoms with Gasteiger partial charge in [0.15, 0.2) is 0 Å². The summed E-state index contributed by atoms with van der Waals surface area (Å²) in [4.78, 5) is 21.4. The third-order valence-corrected chi connectivity index (χ3v) is 2.26. The fraction of sp³-hybridized carbons (Fsp3) is 0.250. The van der Waals surface area contributed by atoms with Crippen LogP contribution in [0.3, 0.4) is 0 Å².